The Bertz CT molecular complexity index is 832. The fourth-order valence-electron chi connectivity index (χ4n) is 2.40. The van der Waals surface area contributed by atoms with Gasteiger partial charge >= 0.3 is 0 Å². The van der Waals surface area contributed by atoms with Crippen LogP contribution < -0.4 is 10.1 Å². The fraction of sp³-hybridized carbons (Fsp3) is 0.0952. The van der Waals surface area contributed by atoms with Gasteiger partial charge in [-0.05, 0) is 35.4 Å². The lowest BCUT2D eigenvalue weighted by Gasteiger charge is -2.12. The van der Waals surface area contributed by atoms with Gasteiger partial charge in [0.25, 0.3) is 5.91 Å². The number of nitrogens with one attached hydrogen (secondary N) is 1. The normalized spacial score (nSPS) is 10.3. The maximum absolute atomic E-state index is 12.5. The second-order valence-electron chi connectivity index (χ2n) is 5.58. The van der Waals surface area contributed by atoms with E-state index in [9.17, 15) is 4.79 Å². The van der Waals surface area contributed by atoms with Gasteiger partial charge in [-0.1, -0.05) is 66.2 Å². The van der Waals surface area contributed by atoms with Crippen molar-refractivity contribution in [2.75, 3.05) is 0 Å². The van der Waals surface area contributed by atoms with Gasteiger partial charge in [-0.3, -0.25) is 4.79 Å². The lowest BCUT2D eigenvalue weighted by molar-refractivity contribution is 0.0946. The summed E-state index contributed by atoms with van der Waals surface area (Å²) >= 11 is 5.89. The van der Waals surface area contributed by atoms with Crippen LogP contribution in [0, 0.1) is 0 Å². The summed E-state index contributed by atoms with van der Waals surface area (Å²) in [6, 6.07) is 24.5. The molecule has 1 amide bonds. The van der Waals surface area contributed by atoms with Crippen LogP contribution in [0.4, 0.5) is 0 Å². The van der Waals surface area contributed by atoms with E-state index in [-0.39, 0.29) is 5.91 Å². The van der Waals surface area contributed by atoms with Gasteiger partial charge in [-0.2, -0.15) is 0 Å². The molecule has 0 bridgehead atoms. The summed E-state index contributed by atoms with van der Waals surface area (Å²) < 4.78 is 5.83. The smallest absolute Gasteiger partial charge is 0.255 e. The van der Waals surface area contributed by atoms with E-state index < -0.39 is 0 Å². The molecular weight excluding hydrogens is 334 g/mol. The molecule has 0 saturated carbocycles. The van der Waals surface area contributed by atoms with Gasteiger partial charge < -0.3 is 10.1 Å². The van der Waals surface area contributed by atoms with Crippen molar-refractivity contribution in [3.63, 3.8) is 0 Å². The van der Waals surface area contributed by atoms with E-state index in [1.54, 1.807) is 12.1 Å². The topological polar surface area (TPSA) is 38.3 Å². The highest BCUT2D eigenvalue weighted by molar-refractivity contribution is 6.30. The molecule has 4 heteroatoms. The number of hydrogen-bond donors (Lipinski definition) is 1. The van der Waals surface area contributed by atoms with Crippen LogP contribution in [-0.4, -0.2) is 5.91 Å². The summed E-state index contributed by atoms with van der Waals surface area (Å²) in [6.07, 6.45) is 0. The molecular formula is C21H18ClNO2. The quantitative estimate of drug-likeness (QED) is 0.689. The zero-order chi connectivity index (χ0) is 17.5. The van der Waals surface area contributed by atoms with Crippen LogP contribution in [0.2, 0.25) is 5.02 Å². The standard InChI is InChI=1S/C21H18ClNO2/c22-18-12-10-17(11-13-18)15-25-20-9-5-4-8-19(20)21(24)23-14-16-6-2-1-3-7-16/h1-13H,14-15H2,(H,23,24). The lowest BCUT2D eigenvalue weighted by atomic mass is 10.1. The first-order valence-corrected chi connectivity index (χ1v) is 8.38. The van der Waals surface area contributed by atoms with Gasteiger partial charge in [-0.25, -0.2) is 0 Å². The predicted molar refractivity (Wildman–Crippen MR) is 99.8 cm³/mol. The van der Waals surface area contributed by atoms with E-state index in [0.29, 0.717) is 29.5 Å². The molecule has 0 aliphatic rings. The SMILES string of the molecule is O=C(NCc1ccccc1)c1ccccc1OCc1ccc(Cl)cc1. The molecule has 3 aromatic carbocycles. The Labute approximate surface area is 152 Å². The summed E-state index contributed by atoms with van der Waals surface area (Å²) in [7, 11) is 0. The van der Waals surface area contributed by atoms with Crippen LogP contribution in [0.5, 0.6) is 5.75 Å². The van der Waals surface area contributed by atoms with E-state index in [2.05, 4.69) is 5.32 Å². The minimum Gasteiger partial charge on any atom is -0.488 e. The van der Waals surface area contributed by atoms with Crippen molar-refractivity contribution in [3.8, 4) is 5.75 Å². The molecule has 0 spiro atoms. The second-order valence-corrected chi connectivity index (χ2v) is 6.02. The van der Waals surface area contributed by atoms with Crippen LogP contribution in [0.1, 0.15) is 21.5 Å². The second kappa shape index (κ2) is 8.36. The molecule has 0 radical (unpaired) electrons. The van der Waals surface area contributed by atoms with E-state index in [1.165, 1.54) is 0 Å². The van der Waals surface area contributed by atoms with E-state index in [4.69, 9.17) is 16.3 Å². The zero-order valence-corrected chi connectivity index (χ0v) is 14.4. The molecule has 0 saturated heterocycles. The molecule has 25 heavy (non-hydrogen) atoms. The Balaban J connectivity index is 1.65. The summed E-state index contributed by atoms with van der Waals surface area (Å²) in [4.78, 5) is 12.5. The highest BCUT2D eigenvalue weighted by Gasteiger charge is 2.12. The molecule has 126 valence electrons. The maximum Gasteiger partial charge on any atom is 0.255 e. The minimum atomic E-state index is -0.157. The van der Waals surface area contributed by atoms with Crippen molar-refractivity contribution in [3.05, 3.63) is 101 Å². The van der Waals surface area contributed by atoms with Gasteiger partial charge in [0, 0.05) is 11.6 Å². The monoisotopic (exact) mass is 351 g/mol. The summed E-state index contributed by atoms with van der Waals surface area (Å²) in [5.41, 5.74) is 2.56. The Hall–Kier alpha value is -2.78. The number of amides is 1. The van der Waals surface area contributed by atoms with Crippen LogP contribution in [0.3, 0.4) is 0 Å². The van der Waals surface area contributed by atoms with E-state index in [1.807, 2.05) is 66.7 Å². The highest BCUT2D eigenvalue weighted by Crippen LogP contribution is 2.20. The van der Waals surface area contributed by atoms with Crippen molar-refractivity contribution in [2.24, 2.45) is 0 Å². The third-order valence-corrected chi connectivity index (χ3v) is 3.99. The zero-order valence-electron chi connectivity index (χ0n) is 13.6. The first kappa shape index (κ1) is 17.1. The number of halogens is 1. The van der Waals surface area contributed by atoms with E-state index >= 15 is 0 Å². The van der Waals surface area contributed by atoms with Crippen LogP contribution >= 0.6 is 11.6 Å². The van der Waals surface area contributed by atoms with Crippen molar-refractivity contribution < 1.29 is 9.53 Å². The molecule has 0 unspecified atom stereocenters. The average Bonchev–Trinajstić information content (AvgIpc) is 2.67. The predicted octanol–water partition coefficient (Wildman–Crippen LogP) is 4.85. The Morgan fingerprint density at radius 1 is 0.840 bits per heavy atom. The van der Waals surface area contributed by atoms with Gasteiger partial charge in [0.1, 0.15) is 12.4 Å². The fourth-order valence-corrected chi connectivity index (χ4v) is 2.52. The first-order valence-electron chi connectivity index (χ1n) is 8.01. The third-order valence-electron chi connectivity index (χ3n) is 3.74. The Morgan fingerprint density at radius 2 is 1.52 bits per heavy atom. The van der Waals surface area contributed by atoms with Crippen LogP contribution in [-0.2, 0) is 13.2 Å². The molecule has 0 aromatic heterocycles. The molecule has 0 aliphatic heterocycles. The van der Waals surface area contributed by atoms with Crippen LogP contribution in [0.25, 0.3) is 0 Å². The number of carbonyl (C=O) groups is 1. The van der Waals surface area contributed by atoms with Crippen molar-refractivity contribution in [1.29, 1.82) is 0 Å². The first-order chi connectivity index (χ1) is 12.2. The van der Waals surface area contributed by atoms with Gasteiger partial charge in [0.05, 0.1) is 5.56 Å². The highest BCUT2D eigenvalue weighted by atomic mass is 35.5. The summed E-state index contributed by atoms with van der Waals surface area (Å²) in [6.45, 7) is 0.853. The lowest BCUT2D eigenvalue weighted by Crippen LogP contribution is -2.23. The van der Waals surface area contributed by atoms with Gasteiger partial charge in [-0.15, -0.1) is 0 Å². The number of rotatable bonds is 6. The molecule has 0 fully saturated rings. The number of para-hydroxylation sites is 1. The van der Waals surface area contributed by atoms with Crippen molar-refractivity contribution in [1.82, 2.24) is 5.32 Å². The van der Waals surface area contributed by atoms with Crippen molar-refractivity contribution >= 4 is 17.5 Å². The van der Waals surface area contributed by atoms with Crippen LogP contribution in [0.15, 0.2) is 78.9 Å². The largest absolute Gasteiger partial charge is 0.488 e. The van der Waals surface area contributed by atoms with Gasteiger partial charge in [0.15, 0.2) is 0 Å². The molecule has 3 aromatic rings. The summed E-state index contributed by atoms with van der Waals surface area (Å²) in [5.74, 6) is 0.401. The van der Waals surface area contributed by atoms with E-state index in [0.717, 1.165) is 11.1 Å². The van der Waals surface area contributed by atoms with Gasteiger partial charge in [0.2, 0.25) is 0 Å². The number of carbonyl (C=O) groups excluding carboxylic acids is 1. The average molecular weight is 352 g/mol. The minimum absolute atomic E-state index is 0.157. The molecule has 3 nitrogen and oxygen atoms in total. The molecule has 1 N–H and O–H groups in total. The maximum atomic E-state index is 12.5. The molecule has 0 aliphatic carbocycles. The number of ether oxygens (including phenoxy) is 1. The summed E-state index contributed by atoms with van der Waals surface area (Å²) in [5, 5.41) is 3.61. The third kappa shape index (κ3) is 4.85. The number of benzene rings is 3. The molecule has 0 heterocycles. The Kier molecular flexibility index (Phi) is 5.70. The van der Waals surface area contributed by atoms with Crippen molar-refractivity contribution in [2.45, 2.75) is 13.2 Å². The molecule has 3 rings (SSSR count). The number of hydrogen-bond acceptors (Lipinski definition) is 2. The molecule has 0 atom stereocenters. The Morgan fingerprint density at radius 3 is 2.28 bits per heavy atom.